The first-order valence-corrected chi connectivity index (χ1v) is 5.97. The van der Waals surface area contributed by atoms with Gasteiger partial charge in [-0.05, 0) is 34.7 Å². The van der Waals surface area contributed by atoms with Crippen molar-refractivity contribution in [1.29, 1.82) is 0 Å². The van der Waals surface area contributed by atoms with Gasteiger partial charge in [0.15, 0.2) is 0 Å². The van der Waals surface area contributed by atoms with Gasteiger partial charge in [0.05, 0.1) is 6.61 Å². The topological polar surface area (TPSA) is 20.2 Å². The number of unbranched alkanes of at least 4 members (excludes halogenated alkanes) is 1. The van der Waals surface area contributed by atoms with Gasteiger partial charge in [-0.25, -0.2) is 0 Å². The van der Waals surface area contributed by atoms with E-state index in [4.69, 9.17) is 0 Å². The van der Waals surface area contributed by atoms with Crippen LogP contribution in [0.3, 0.4) is 0 Å². The maximum atomic E-state index is 9.52. The zero-order valence-electron chi connectivity index (χ0n) is 9.74. The van der Waals surface area contributed by atoms with E-state index in [1.54, 1.807) is 0 Å². The Balaban J connectivity index is 2.50. The van der Waals surface area contributed by atoms with Crippen molar-refractivity contribution in [3.63, 3.8) is 0 Å². The molecule has 0 fully saturated rings. The van der Waals surface area contributed by atoms with Crippen molar-refractivity contribution in [3.8, 4) is 0 Å². The monoisotopic (exact) mass is 214 g/mol. The Morgan fingerprint density at radius 1 is 1.06 bits per heavy atom. The Bertz CT molecular complexity index is 474. The van der Waals surface area contributed by atoms with Gasteiger partial charge in [0, 0.05) is 0 Å². The summed E-state index contributed by atoms with van der Waals surface area (Å²) < 4.78 is 0. The lowest BCUT2D eigenvalue weighted by Gasteiger charge is -2.10. The fourth-order valence-corrected chi connectivity index (χ4v) is 2.17. The van der Waals surface area contributed by atoms with Crippen molar-refractivity contribution in [1.82, 2.24) is 0 Å². The Kier molecular flexibility index (Phi) is 3.58. The molecule has 16 heavy (non-hydrogen) atoms. The third-order valence-electron chi connectivity index (χ3n) is 3.10. The molecule has 0 amide bonds. The summed E-state index contributed by atoms with van der Waals surface area (Å²) in [5, 5.41) is 11.9. The highest BCUT2D eigenvalue weighted by Gasteiger charge is 2.05. The summed E-state index contributed by atoms with van der Waals surface area (Å²) in [5.41, 5.74) is 2.40. The molecule has 1 N–H and O–H groups in total. The SMILES string of the molecule is CCCCc1ccc2ccccc2c1CO. The number of aryl methyl sites for hydroxylation is 1. The van der Waals surface area contributed by atoms with Crippen molar-refractivity contribution >= 4 is 10.8 Å². The van der Waals surface area contributed by atoms with Crippen molar-refractivity contribution in [2.75, 3.05) is 0 Å². The molecule has 0 atom stereocenters. The van der Waals surface area contributed by atoms with Crippen molar-refractivity contribution in [2.24, 2.45) is 0 Å². The standard InChI is InChI=1S/C15H18O/c1-2-3-6-13-10-9-12-7-4-5-8-14(12)15(13)11-16/h4-5,7-10,16H,2-3,6,11H2,1H3. The summed E-state index contributed by atoms with van der Waals surface area (Å²) in [4.78, 5) is 0. The molecule has 2 rings (SSSR count). The molecule has 2 aromatic rings. The van der Waals surface area contributed by atoms with Crippen LogP contribution in [0.2, 0.25) is 0 Å². The molecule has 0 aromatic heterocycles. The summed E-state index contributed by atoms with van der Waals surface area (Å²) in [6.45, 7) is 2.33. The average Bonchev–Trinajstić information content (AvgIpc) is 2.35. The van der Waals surface area contributed by atoms with Crippen molar-refractivity contribution < 1.29 is 5.11 Å². The highest BCUT2D eigenvalue weighted by molar-refractivity contribution is 5.86. The van der Waals surface area contributed by atoms with Gasteiger partial charge in [-0.1, -0.05) is 49.7 Å². The predicted molar refractivity (Wildman–Crippen MR) is 68.5 cm³/mol. The number of hydrogen-bond acceptors (Lipinski definition) is 1. The van der Waals surface area contributed by atoms with Crippen LogP contribution in [0.25, 0.3) is 10.8 Å². The first kappa shape index (κ1) is 11.2. The van der Waals surface area contributed by atoms with E-state index in [2.05, 4.69) is 31.2 Å². The van der Waals surface area contributed by atoms with Crippen LogP contribution in [0.1, 0.15) is 30.9 Å². The summed E-state index contributed by atoms with van der Waals surface area (Å²) in [6.07, 6.45) is 3.44. The van der Waals surface area contributed by atoms with Gasteiger partial charge in [-0.2, -0.15) is 0 Å². The lowest BCUT2D eigenvalue weighted by atomic mass is 9.96. The Hall–Kier alpha value is -1.34. The fourth-order valence-electron chi connectivity index (χ4n) is 2.17. The highest BCUT2D eigenvalue weighted by atomic mass is 16.3. The third kappa shape index (κ3) is 2.10. The van der Waals surface area contributed by atoms with E-state index in [1.807, 2.05) is 12.1 Å². The van der Waals surface area contributed by atoms with Crippen molar-refractivity contribution in [3.05, 3.63) is 47.5 Å². The Morgan fingerprint density at radius 2 is 1.88 bits per heavy atom. The second kappa shape index (κ2) is 5.13. The molecule has 0 spiro atoms. The number of aliphatic hydroxyl groups excluding tert-OH is 1. The molecule has 0 heterocycles. The fraction of sp³-hybridized carbons (Fsp3) is 0.333. The normalized spacial score (nSPS) is 10.9. The molecule has 0 bridgehead atoms. The minimum atomic E-state index is 0.139. The Labute approximate surface area is 96.7 Å². The van der Waals surface area contributed by atoms with Gasteiger partial charge in [0.2, 0.25) is 0 Å². The second-order valence-electron chi connectivity index (χ2n) is 4.19. The molecule has 0 saturated carbocycles. The van der Waals surface area contributed by atoms with Crippen LogP contribution >= 0.6 is 0 Å². The van der Waals surface area contributed by atoms with E-state index in [1.165, 1.54) is 29.2 Å². The summed E-state index contributed by atoms with van der Waals surface area (Å²) in [7, 11) is 0. The molecule has 0 radical (unpaired) electrons. The van der Waals surface area contributed by atoms with Gasteiger partial charge in [0.1, 0.15) is 0 Å². The van der Waals surface area contributed by atoms with Gasteiger partial charge >= 0.3 is 0 Å². The van der Waals surface area contributed by atoms with Crippen LogP contribution < -0.4 is 0 Å². The van der Waals surface area contributed by atoms with E-state index in [9.17, 15) is 5.11 Å². The highest BCUT2D eigenvalue weighted by Crippen LogP contribution is 2.23. The molecule has 0 saturated heterocycles. The predicted octanol–water partition coefficient (Wildman–Crippen LogP) is 3.67. The lowest BCUT2D eigenvalue weighted by Crippen LogP contribution is -1.95. The maximum Gasteiger partial charge on any atom is 0.0690 e. The molecular formula is C15H18O. The number of aliphatic hydroxyl groups is 1. The van der Waals surface area contributed by atoms with E-state index in [-0.39, 0.29) is 6.61 Å². The lowest BCUT2D eigenvalue weighted by molar-refractivity contribution is 0.282. The first-order chi connectivity index (χ1) is 7.86. The van der Waals surface area contributed by atoms with Crippen LogP contribution in [0.5, 0.6) is 0 Å². The van der Waals surface area contributed by atoms with E-state index in [0.717, 1.165) is 12.0 Å². The minimum absolute atomic E-state index is 0.139. The Morgan fingerprint density at radius 3 is 2.62 bits per heavy atom. The van der Waals surface area contributed by atoms with Gasteiger partial charge in [-0.3, -0.25) is 0 Å². The number of rotatable bonds is 4. The van der Waals surface area contributed by atoms with E-state index < -0.39 is 0 Å². The maximum absolute atomic E-state index is 9.52. The van der Waals surface area contributed by atoms with Crippen molar-refractivity contribution in [2.45, 2.75) is 32.8 Å². The molecule has 2 aromatic carbocycles. The minimum Gasteiger partial charge on any atom is -0.392 e. The van der Waals surface area contributed by atoms with Crippen LogP contribution in [0.15, 0.2) is 36.4 Å². The largest absolute Gasteiger partial charge is 0.392 e. The number of fused-ring (bicyclic) bond motifs is 1. The number of benzene rings is 2. The van der Waals surface area contributed by atoms with Gasteiger partial charge < -0.3 is 5.11 Å². The van der Waals surface area contributed by atoms with Crippen LogP contribution in [-0.2, 0) is 13.0 Å². The van der Waals surface area contributed by atoms with Crippen LogP contribution in [0, 0.1) is 0 Å². The average molecular weight is 214 g/mol. The molecule has 0 aliphatic heterocycles. The zero-order valence-corrected chi connectivity index (χ0v) is 9.74. The van der Waals surface area contributed by atoms with Gasteiger partial charge in [-0.15, -0.1) is 0 Å². The third-order valence-corrected chi connectivity index (χ3v) is 3.10. The molecule has 1 nitrogen and oxygen atoms in total. The first-order valence-electron chi connectivity index (χ1n) is 5.97. The van der Waals surface area contributed by atoms with E-state index in [0.29, 0.717) is 0 Å². The zero-order chi connectivity index (χ0) is 11.4. The van der Waals surface area contributed by atoms with E-state index >= 15 is 0 Å². The van der Waals surface area contributed by atoms with Crippen LogP contribution in [-0.4, -0.2) is 5.11 Å². The quantitative estimate of drug-likeness (QED) is 0.823. The molecule has 0 unspecified atom stereocenters. The summed E-state index contributed by atoms with van der Waals surface area (Å²) in [5.74, 6) is 0. The smallest absolute Gasteiger partial charge is 0.0690 e. The van der Waals surface area contributed by atoms with Gasteiger partial charge in [0.25, 0.3) is 0 Å². The summed E-state index contributed by atoms with van der Waals surface area (Å²) in [6, 6.07) is 12.6. The molecule has 0 aliphatic carbocycles. The molecular weight excluding hydrogens is 196 g/mol. The molecule has 1 heteroatoms. The molecule has 84 valence electrons. The van der Waals surface area contributed by atoms with Crippen LogP contribution in [0.4, 0.5) is 0 Å². The number of hydrogen-bond donors (Lipinski definition) is 1. The second-order valence-corrected chi connectivity index (χ2v) is 4.19. The summed E-state index contributed by atoms with van der Waals surface area (Å²) >= 11 is 0. The molecule has 0 aliphatic rings.